The van der Waals surface area contributed by atoms with Crippen molar-refractivity contribution in [2.45, 2.75) is 56.1 Å². The van der Waals surface area contributed by atoms with E-state index in [9.17, 15) is 0 Å². The van der Waals surface area contributed by atoms with Crippen molar-refractivity contribution in [2.24, 2.45) is 0 Å². The lowest BCUT2D eigenvalue weighted by molar-refractivity contribution is 0.315. The fraction of sp³-hybridized carbons (Fsp3) is 0.625. The first-order chi connectivity index (χ1) is 8.86. The maximum Gasteiger partial charge on any atom is 0.0145 e. The second kappa shape index (κ2) is 5.41. The Balaban J connectivity index is 1.46. The normalized spacial score (nSPS) is 35.4. The van der Waals surface area contributed by atoms with E-state index >= 15 is 0 Å². The molecule has 2 nitrogen and oxygen atoms in total. The van der Waals surface area contributed by atoms with Crippen molar-refractivity contribution in [3.05, 3.63) is 35.9 Å². The van der Waals surface area contributed by atoms with Crippen LogP contribution in [0.2, 0.25) is 0 Å². The van der Waals surface area contributed by atoms with Gasteiger partial charge in [-0.1, -0.05) is 30.3 Å². The lowest BCUT2D eigenvalue weighted by Crippen LogP contribution is -2.39. The molecule has 18 heavy (non-hydrogen) atoms. The zero-order chi connectivity index (χ0) is 12.4. The van der Waals surface area contributed by atoms with E-state index in [1.165, 1.54) is 37.7 Å². The lowest BCUT2D eigenvalue weighted by Gasteiger charge is -2.29. The van der Waals surface area contributed by atoms with Crippen LogP contribution in [0.15, 0.2) is 30.3 Å². The third-order valence-electron chi connectivity index (χ3n) is 4.60. The van der Waals surface area contributed by atoms with Crippen LogP contribution in [-0.2, 0) is 0 Å². The minimum atomic E-state index is 0.739. The fourth-order valence-corrected chi connectivity index (χ4v) is 3.30. The van der Waals surface area contributed by atoms with E-state index in [4.69, 9.17) is 0 Å². The van der Waals surface area contributed by atoms with Crippen LogP contribution in [0, 0.1) is 0 Å². The predicted octanol–water partition coefficient (Wildman–Crippen LogP) is 2.66. The van der Waals surface area contributed by atoms with Gasteiger partial charge in [-0.3, -0.25) is 0 Å². The van der Waals surface area contributed by atoms with Crippen LogP contribution in [0.25, 0.3) is 0 Å². The molecule has 0 unspecified atom stereocenters. The molecule has 2 saturated carbocycles. The highest BCUT2D eigenvalue weighted by atomic mass is 15.0. The molecule has 1 aromatic rings. The van der Waals surface area contributed by atoms with Crippen molar-refractivity contribution in [3.8, 4) is 0 Å². The van der Waals surface area contributed by atoms with Crippen molar-refractivity contribution in [1.82, 2.24) is 10.6 Å². The summed E-state index contributed by atoms with van der Waals surface area (Å²) in [6, 6.07) is 13.2. The molecule has 0 heterocycles. The summed E-state index contributed by atoms with van der Waals surface area (Å²) in [6.45, 7) is 0. The average Bonchev–Trinajstić information content (AvgIpc) is 3.20. The van der Waals surface area contributed by atoms with Crippen molar-refractivity contribution < 1.29 is 0 Å². The molecule has 2 aliphatic carbocycles. The second-order valence-electron chi connectivity index (χ2n) is 5.86. The number of nitrogens with one attached hydrogen (secondary N) is 2. The highest BCUT2D eigenvalue weighted by Crippen LogP contribution is 2.41. The molecule has 2 heteroatoms. The monoisotopic (exact) mass is 244 g/mol. The zero-order valence-electron chi connectivity index (χ0n) is 11.2. The molecule has 0 aliphatic heterocycles. The van der Waals surface area contributed by atoms with Gasteiger partial charge < -0.3 is 10.6 Å². The lowest BCUT2D eigenvalue weighted by atomic mass is 9.91. The van der Waals surface area contributed by atoms with Gasteiger partial charge in [-0.25, -0.2) is 0 Å². The van der Waals surface area contributed by atoms with Crippen molar-refractivity contribution >= 4 is 0 Å². The largest absolute Gasteiger partial charge is 0.317 e. The smallest absolute Gasteiger partial charge is 0.0145 e. The van der Waals surface area contributed by atoms with E-state index in [1.54, 1.807) is 0 Å². The average molecular weight is 244 g/mol. The molecule has 3 rings (SSSR count). The Kier molecular flexibility index (Phi) is 3.67. The van der Waals surface area contributed by atoms with Gasteiger partial charge in [-0.15, -0.1) is 0 Å². The van der Waals surface area contributed by atoms with Crippen molar-refractivity contribution in [3.63, 3.8) is 0 Å². The van der Waals surface area contributed by atoms with Crippen LogP contribution in [0.1, 0.15) is 43.6 Å². The zero-order valence-corrected chi connectivity index (χ0v) is 11.2. The maximum absolute atomic E-state index is 3.86. The molecule has 0 aromatic heterocycles. The van der Waals surface area contributed by atoms with Crippen LogP contribution >= 0.6 is 0 Å². The fourth-order valence-electron chi connectivity index (χ4n) is 3.30. The number of benzene rings is 1. The van der Waals surface area contributed by atoms with Crippen LogP contribution in [0.5, 0.6) is 0 Å². The summed E-state index contributed by atoms with van der Waals surface area (Å²) in [6.07, 6.45) is 6.66. The van der Waals surface area contributed by atoms with E-state index < -0.39 is 0 Å². The van der Waals surface area contributed by atoms with Gasteiger partial charge in [0.05, 0.1) is 0 Å². The molecule has 0 amide bonds. The minimum absolute atomic E-state index is 0.739. The molecule has 2 atom stereocenters. The third-order valence-corrected chi connectivity index (χ3v) is 4.60. The molecule has 98 valence electrons. The standard InChI is InChI=1S/C16H24N2/c1-17-13-7-9-14(10-8-13)18-16-11-15(16)12-5-3-2-4-6-12/h2-6,13-18H,7-11H2,1H3/t13-,14-,15-,16+/m0/s1. The van der Waals surface area contributed by atoms with Gasteiger partial charge in [0, 0.05) is 24.0 Å². The highest BCUT2D eigenvalue weighted by molar-refractivity contribution is 5.27. The third kappa shape index (κ3) is 2.76. The first-order valence-corrected chi connectivity index (χ1v) is 7.35. The molecular formula is C16H24N2. The maximum atomic E-state index is 3.86. The molecule has 0 bridgehead atoms. The summed E-state index contributed by atoms with van der Waals surface area (Å²) in [7, 11) is 2.09. The van der Waals surface area contributed by atoms with Gasteiger partial charge in [-0.2, -0.15) is 0 Å². The summed E-state index contributed by atoms with van der Waals surface area (Å²) in [5.41, 5.74) is 1.51. The first-order valence-electron chi connectivity index (χ1n) is 7.35. The topological polar surface area (TPSA) is 24.1 Å². The molecule has 1 aromatic carbocycles. The molecule has 0 spiro atoms. The Bertz CT molecular complexity index is 368. The molecular weight excluding hydrogens is 220 g/mol. The van der Waals surface area contributed by atoms with Gasteiger partial charge in [0.2, 0.25) is 0 Å². The highest BCUT2D eigenvalue weighted by Gasteiger charge is 2.39. The van der Waals surface area contributed by atoms with E-state index in [1.807, 2.05) is 0 Å². The van der Waals surface area contributed by atoms with E-state index in [2.05, 4.69) is 48.0 Å². The summed E-state index contributed by atoms with van der Waals surface area (Å²) in [5.74, 6) is 0.772. The minimum Gasteiger partial charge on any atom is -0.317 e. The van der Waals surface area contributed by atoms with E-state index in [0.29, 0.717) is 0 Å². The molecule has 2 fully saturated rings. The van der Waals surface area contributed by atoms with Crippen molar-refractivity contribution in [2.75, 3.05) is 7.05 Å². The van der Waals surface area contributed by atoms with Crippen LogP contribution in [-0.4, -0.2) is 25.2 Å². The van der Waals surface area contributed by atoms with Crippen LogP contribution < -0.4 is 10.6 Å². The summed E-state index contributed by atoms with van der Waals surface area (Å²) in [5, 5.41) is 7.26. The van der Waals surface area contributed by atoms with Crippen molar-refractivity contribution in [1.29, 1.82) is 0 Å². The van der Waals surface area contributed by atoms with E-state index in [-0.39, 0.29) is 0 Å². The Morgan fingerprint density at radius 3 is 2.28 bits per heavy atom. The van der Waals surface area contributed by atoms with Gasteiger partial charge >= 0.3 is 0 Å². The molecule has 2 N–H and O–H groups in total. The first kappa shape index (κ1) is 12.2. The van der Waals surface area contributed by atoms with Gasteiger partial charge in [-0.05, 0) is 44.7 Å². The van der Waals surface area contributed by atoms with Crippen LogP contribution in [0.3, 0.4) is 0 Å². The number of rotatable bonds is 4. The number of hydrogen-bond donors (Lipinski definition) is 2. The molecule has 0 saturated heterocycles. The Morgan fingerprint density at radius 1 is 0.944 bits per heavy atom. The Hall–Kier alpha value is -0.860. The summed E-state index contributed by atoms with van der Waals surface area (Å²) < 4.78 is 0. The number of hydrogen-bond acceptors (Lipinski definition) is 2. The molecule has 2 aliphatic rings. The quantitative estimate of drug-likeness (QED) is 0.851. The predicted molar refractivity (Wildman–Crippen MR) is 75.8 cm³/mol. The van der Waals surface area contributed by atoms with E-state index in [0.717, 1.165) is 24.0 Å². The summed E-state index contributed by atoms with van der Waals surface area (Å²) in [4.78, 5) is 0. The van der Waals surface area contributed by atoms with Gasteiger partial charge in [0.25, 0.3) is 0 Å². The second-order valence-corrected chi connectivity index (χ2v) is 5.86. The van der Waals surface area contributed by atoms with Gasteiger partial charge in [0.15, 0.2) is 0 Å². The Labute approximate surface area is 110 Å². The van der Waals surface area contributed by atoms with Crippen LogP contribution in [0.4, 0.5) is 0 Å². The SMILES string of the molecule is CN[C@H]1CC[C@H](N[C@@H]2C[C@H]2c2ccccc2)CC1. The molecule has 0 radical (unpaired) electrons. The summed E-state index contributed by atoms with van der Waals surface area (Å²) >= 11 is 0. The Morgan fingerprint density at radius 2 is 1.61 bits per heavy atom. The van der Waals surface area contributed by atoms with Gasteiger partial charge in [0.1, 0.15) is 0 Å².